The first kappa shape index (κ1) is 29.3. The summed E-state index contributed by atoms with van der Waals surface area (Å²) in [6.45, 7) is 2.94. The summed E-state index contributed by atoms with van der Waals surface area (Å²) in [6.07, 6.45) is -6.59. The van der Waals surface area contributed by atoms with E-state index in [0.717, 1.165) is 22.5 Å². The van der Waals surface area contributed by atoms with Gasteiger partial charge in [-0.25, -0.2) is 18.3 Å². The number of aryl methyl sites for hydroxylation is 2. The van der Waals surface area contributed by atoms with Gasteiger partial charge < -0.3 is 24.0 Å². The molecule has 3 heterocycles. The molecule has 1 amide bonds. The Labute approximate surface area is 230 Å². The van der Waals surface area contributed by atoms with Crippen LogP contribution >= 0.6 is 11.6 Å². The van der Waals surface area contributed by atoms with Crippen LogP contribution in [0, 0.1) is 0 Å². The van der Waals surface area contributed by atoms with Crippen LogP contribution in [0.5, 0.6) is 5.75 Å². The standard InChI is InChI=1S/C22H24ClF3N6O7S/c1-4-30-11-16(18(23)29-30)40(36,37)31-10-13(6-8-17-27-28-19(33)39-17)38-15-7-5-12(9-14(15)31)32(20(34)35)21(2,3)22(24,25)26/h5,7,9,11,13H,4,6,8,10H2,1-3H3,(H,28,33)(H,34,35)/p-1/t13-/m0/s1. The lowest BCUT2D eigenvalue weighted by atomic mass is 10.0. The molecule has 1 aliphatic heterocycles. The van der Waals surface area contributed by atoms with Crippen LogP contribution < -0.4 is 24.8 Å². The molecule has 0 saturated carbocycles. The van der Waals surface area contributed by atoms with Crippen molar-refractivity contribution < 1.29 is 40.6 Å². The number of amides is 1. The number of carboxylic acid groups (broad SMARTS) is 1. The van der Waals surface area contributed by atoms with Crippen molar-refractivity contribution in [3.63, 3.8) is 0 Å². The van der Waals surface area contributed by atoms with Gasteiger partial charge in [-0.3, -0.25) is 8.99 Å². The largest absolute Gasteiger partial charge is 0.530 e. The van der Waals surface area contributed by atoms with Gasteiger partial charge in [-0.05, 0) is 45.4 Å². The number of alkyl halides is 3. The number of ether oxygens (including phenoxy) is 1. The third-order valence-corrected chi connectivity index (χ3v) is 8.48. The fourth-order valence-corrected chi connectivity index (χ4v) is 6.03. The summed E-state index contributed by atoms with van der Waals surface area (Å²) < 4.78 is 81.9. The van der Waals surface area contributed by atoms with Gasteiger partial charge >= 0.3 is 11.9 Å². The van der Waals surface area contributed by atoms with E-state index in [1.807, 2.05) is 0 Å². The van der Waals surface area contributed by atoms with Crippen molar-refractivity contribution in [3.05, 3.63) is 46.0 Å². The minimum atomic E-state index is -5.00. The van der Waals surface area contributed by atoms with Crippen molar-refractivity contribution in [1.82, 2.24) is 20.0 Å². The Bertz CT molecular complexity index is 1580. The van der Waals surface area contributed by atoms with Crippen LogP contribution in [-0.2, 0) is 23.0 Å². The molecule has 1 aromatic carbocycles. The first-order valence-corrected chi connectivity index (χ1v) is 13.6. The number of hydrogen-bond donors (Lipinski definition) is 1. The molecule has 0 bridgehead atoms. The van der Waals surface area contributed by atoms with Gasteiger partial charge in [0.2, 0.25) is 5.89 Å². The SMILES string of the molecule is CCn1cc(S(=O)(=O)N2C[C@H](CCc3n[nH]c(=O)o3)Oc3ccc(N(C(=O)[O-])C(C)(C)C(F)(F)F)cc32)c(Cl)n1. The van der Waals surface area contributed by atoms with Crippen molar-refractivity contribution in [1.29, 1.82) is 0 Å². The topological polar surface area (TPSA) is 167 Å². The molecule has 218 valence electrons. The predicted octanol–water partition coefficient (Wildman–Crippen LogP) is 2.31. The summed E-state index contributed by atoms with van der Waals surface area (Å²) in [7, 11) is -4.49. The number of fused-ring (bicyclic) bond motifs is 1. The fraction of sp³-hybridized carbons (Fsp3) is 0.455. The van der Waals surface area contributed by atoms with E-state index < -0.39 is 45.4 Å². The highest BCUT2D eigenvalue weighted by molar-refractivity contribution is 7.93. The molecule has 0 fully saturated rings. The monoisotopic (exact) mass is 607 g/mol. The van der Waals surface area contributed by atoms with Gasteiger partial charge in [0.05, 0.1) is 12.2 Å². The molecule has 0 unspecified atom stereocenters. The molecule has 0 saturated heterocycles. The number of nitrogens with zero attached hydrogens (tertiary/aromatic N) is 5. The molecule has 1 N–H and O–H groups in total. The smallest absolute Gasteiger partial charge is 0.434 e. The predicted molar refractivity (Wildman–Crippen MR) is 132 cm³/mol. The van der Waals surface area contributed by atoms with E-state index in [0.29, 0.717) is 20.4 Å². The van der Waals surface area contributed by atoms with Crippen LogP contribution in [0.4, 0.5) is 29.3 Å². The van der Waals surface area contributed by atoms with Crippen LogP contribution in [-0.4, -0.2) is 58.9 Å². The average Bonchev–Trinajstić information content (AvgIpc) is 3.46. The van der Waals surface area contributed by atoms with E-state index >= 15 is 0 Å². The number of sulfonamides is 1. The summed E-state index contributed by atoms with van der Waals surface area (Å²) in [5, 5.41) is 21.3. The molecule has 1 aliphatic rings. The van der Waals surface area contributed by atoms with Crippen molar-refractivity contribution in [2.45, 2.75) is 62.9 Å². The third-order valence-electron chi connectivity index (χ3n) is 6.31. The van der Waals surface area contributed by atoms with Crippen molar-refractivity contribution in [2.75, 3.05) is 15.7 Å². The number of benzene rings is 1. The second kappa shape index (κ2) is 10.3. The number of hydrogen-bond acceptors (Lipinski definition) is 9. The fourth-order valence-electron chi connectivity index (χ4n) is 4.09. The van der Waals surface area contributed by atoms with Gasteiger partial charge in [-0.15, -0.1) is 5.10 Å². The van der Waals surface area contributed by atoms with Crippen LogP contribution in [0.15, 0.2) is 38.5 Å². The molecule has 0 aliphatic carbocycles. The average molecular weight is 608 g/mol. The van der Waals surface area contributed by atoms with E-state index in [9.17, 15) is 36.3 Å². The van der Waals surface area contributed by atoms with Gasteiger partial charge in [0.25, 0.3) is 10.0 Å². The van der Waals surface area contributed by atoms with Crippen molar-refractivity contribution >= 4 is 39.1 Å². The van der Waals surface area contributed by atoms with Gasteiger partial charge in [-0.1, -0.05) is 11.6 Å². The number of rotatable bonds is 8. The molecule has 3 aromatic rings. The number of nitrogens with one attached hydrogen (secondary N) is 1. The van der Waals surface area contributed by atoms with E-state index in [-0.39, 0.29) is 51.7 Å². The molecule has 0 spiro atoms. The number of anilines is 2. The zero-order valence-electron chi connectivity index (χ0n) is 21.2. The zero-order valence-corrected chi connectivity index (χ0v) is 22.8. The Hall–Kier alpha value is -3.73. The Morgan fingerprint density at radius 1 is 1.32 bits per heavy atom. The van der Waals surface area contributed by atoms with E-state index in [2.05, 4.69) is 15.3 Å². The Balaban J connectivity index is 1.81. The number of carbonyl (C=O) groups excluding carboxylic acids is 1. The summed E-state index contributed by atoms with van der Waals surface area (Å²) in [5.74, 6) is -0.784. The Morgan fingerprint density at radius 2 is 2.02 bits per heavy atom. The van der Waals surface area contributed by atoms with Gasteiger partial charge in [-0.2, -0.15) is 18.3 Å². The summed E-state index contributed by atoms with van der Waals surface area (Å²) in [4.78, 5) is 22.7. The van der Waals surface area contributed by atoms with Crippen LogP contribution in [0.2, 0.25) is 5.15 Å². The number of carbonyl (C=O) groups is 1. The summed E-state index contributed by atoms with van der Waals surface area (Å²) >= 11 is 6.13. The first-order chi connectivity index (χ1) is 18.6. The maximum Gasteiger partial charge on any atom is 0.434 e. The maximum absolute atomic E-state index is 13.8. The van der Waals surface area contributed by atoms with Crippen LogP contribution in [0.1, 0.15) is 33.1 Å². The van der Waals surface area contributed by atoms with E-state index in [1.165, 1.54) is 10.9 Å². The molecule has 18 heteroatoms. The number of H-pyrrole nitrogens is 1. The minimum Gasteiger partial charge on any atom is -0.530 e. The van der Waals surface area contributed by atoms with Gasteiger partial charge in [0.1, 0.15) is 28.4 Å². The number of aromatic amines is 1. The molecule has 40 heavy (non-hydrogen) atoms. The summed E-state index contributed by atoms with van der Waals surface area (Å²) in [6, 6.07) is 3.16. The van der Waals surface area contributed by atoms with Crippen molar-refractivity contribution in [2.24, 2.45) is 0 Å². The van der Waals surface area contributed by atoms with Crippen LogP contribution in [0.25, 0.3) is 0 Å². The van der Waals surface area contributed by atoms with Crippen LogP contribution in [0.3, 0.4) is 0 Å². The van der Waals surface area contributed by atoms with Gasteiger partial charge in [0, 0.05) is 24.8 Å². The second-order valence-electron chi connectivity index (χ2n) is 9.27. The molecular weight excluding hydrogens is 585 g/mol. The maximum atomic E-state index is 13.8. The normalized spacial score (nSPS) is 16.0. The molecule has 0 radical (unpaired) electrons. The van der Waals surface area contributed by atoms with E-state index in [4.69, 9.17) is 20.8 Å². The number of aromatic nitrogens is 4. The summed E-state index contributed by atoms with van der Waals surface area (Å²) in [5.41, 5.74) is -3.66. The minimum absolute atomic E-state index is 0.00809. The number of halogens is 4. The quantitative estimate of drug-likeness (QED) is 0.404. The molecule has 13 nitrogen and oxygen atoms in total. The molecule has 2 aromatic heterocycles. The lowest BCUT2D eigenvalue weighted by Gasteiger charge is -2.42. The second-order valence-corrected chi connectivity index (χ2v) is 11.5. The highest BCUT2D eigenvalue weighted by atomic mass is 35.5. The molecule has 4 rings (SSSR count). The Morgan fingerprint density at radius 3 is 2.58 bits per heavy atom. The third kappa shape index (κ3) is 5.34. The molecular formula is C22H23ClF3N6O7S-. The zero-order chi connectivity index (χ0) is 29.6. The lowest BCUT2D eigenvalue weighted by molar-refractivity contribution is -0.254. The van der Waals surface area contributed by atoms with E-state index in [1.54, 1.807) is 6.92 Å². The first-order valence-electron chi connectivity index (χ1n) is 11.7. The lowest BCUT2D eigenvalue weighted by Crippen LogP contribution is -2.60. The van der Waals surface area contributed by atoms with Gasteiger partial charge in [0.15, 0.2) is 5.15 Å². The van der Waals surface area contributed by atoms with Crippen molar-refractivity contribution in [3.8, 4) is 5.75 Å². The molecule has 1 atom stereocenters. The Kier molecular flexibility index (Phi) is 7.57. The highest BCUT2D eigenvalue weighted by Gasteiger charge is 2.52. The highest BCUT2D eigenvalue weighted by Crippen LogP contribution is 2.44.